The molecule has 1 aliphatic heterocycles. The summed E-state index contributed by atoms with van der Waals surface area (Å²) in [6.07, 6.45) is -1.26. The Morgan fingerprint density at radius 3 is 2.79 bits per heavy atom. The molecule has 9 heteroatoms. The molecule has 2 heterocycles. The van der Waals surface area contributed by atoms with Crippen LogP contribution < -0.4 is 17.0 Å². The summed E-state index contributed by atoms with van der Waals surface area (Å²) < 4.78 is 6.66. The molecule has 8 N–H and O–H groups in total. The van der Waals surface area contributed by atoms with Crippen molar-refractivity contribution in [2.75, 3.05) is 6.61 Å². The summed E-state index contributed by atoms with van der Waals surface area (Å²) in [5.74, 6) is 5.27. The van der Waals surface area contributed by atoms with Crippen molar-refractivity contribution in [3.8, 4) is 0 Å². The van der Waals surface area contributed by atoms with Crippen molar-refractivity contribution in [2.24, 2.45) is 11.6 Å². The number of rotatable bonds is 4. The second-order valence-corrected chi connectivity index (χ2v) is 4.13. The van der Waals surface area contributed by atoms with Gasteiger partial charge < -0.3 is 31.2 Å². The van der Waals surface area contributed by atoms with E-state index in [2.05, 4.69) is 10.5 Å². The Morgan fingerprint density at radius 2 is 2.26 bits per heavy atom. The molecule has 1 aliphatic rings. The SMILES string of the molecule is N/C=C(\NN)c1ccn(C2OC(CO)C(O)C2O)n1. The maximum absolute atomic E-state index is 9.85. The van der Waals surface area contributed by atoms with Crippen LogP contribution in [0.25, 0.3) is 5.70 Å². The highest BCUT2D eigenvalue weighted by Gasteiger charge is 2.43. The molecule has 0 aliphatic carbocycles. The van der Waals surface area contributed by atoms with E-state index in [-0.39, 0.29) is 6.61 Å². The highest BCUT2D eigenvalue weighted by atomic mass is 16.6. The molecule has 0 amide bonds. The Balaban J connectivity index is 2.20. The molecule has 0 radical (unpaired) electrons. The summed E-state index contributed by atoms with van der Waals surface area (Å²) in [4.78, 5) is 0. The molecule has 9 nitrogen and oxygen atoms in total. The number of nitrogens with zero attached hydrogens (tertiary/aromatic N) is 2. The first-order chi connectivity index (χ1) is 9.12. The summed E-state index contributed by atoms with van der Waals surface area (Å²) >= 11 is 0. The van der Waals surface area contributed by atoms with Crippen LogP contribution in [0.3, 0.4) is 0 Å². The Bertz CT molecular complexity index is 463. The minimum atomic E-state index is -1.18. The Labute approximate surface area is 109 Å². The van der Waals surface area contributed by atoms with Gasteiger partial charge in [0.05, 0.1) is 12.3 Å². The minimum Gasteiger partial charge on any atom is -0.403 e. The van der Waals surface area contributed by atoms with Crippen molar-refractivity contribution in [1.29, 1.82) is 0 Å². The Morgan fingerprint density at radius 1 is 1.53 bits per heavy atom. The predicted octanol–water partition coefficient (Wildman–Crippen LogP) is -2.78. The molecule has 19 heavy (non-hydrogen) atoms. The Kier molecular flexibility index (Phi) is 4.02. The van der Waals surface area contributed by atoms with Crippen molar-refractivity contribution >= 4 is 5.70 Å². The Hall–Kier alpha value is -1.65. The van der Waals surface area contributed by atoms with E-state index in [4.69, 9.17) is 21.4 Å². The lowest BCUT2D eigenvalue weighted by Gasteiger charge is -2.14. The third kappa shape index (κ3) is 2.41. The molecule has 0 aromatic carbocycles. The van der Waals surface area contributed by atoms with Crippen molar-refractivity contribution < 1.29 is 20.1 Å². The number of aliphatic hydroxyl groups is 3. The quantitative estimate of drug-likeness (QED) is 0.254. The zero-order valence-electron chi connectivity index (χ0n) is 10.0. The first-order valence-corrected chi connectivity index (χ1v) is 5.68. The van der Waals surface area contributed by atoms with E-state index in [1.54, 1.807) is 12.3 Å². The van der Waals surface area contributed by atoms with Gasteiger partial charge in [0.15, 0.2) is 6.23 Å². The van der Waals surface area contributed by atoms with E-state index in [9.17, 15) is 10.2 Å². The number of hydrazine groups is 1. The van der Waals surface area contributed by atoms with Crippen LogP contribution in [0.15, 0.2) is 18.5 Å². The van der Waals surface area contributed by atoms with Gasteiger partial charge in [0.25, 0.3) is 0 Å². The van der Waals surface area contributed by atoms with Gasteiger partial charge in [0.1, 0.15) is 24.0 Å². The summed E-state index contributed by atoms with van der Waals surface area (Å²) in [6.45, 7) is -0.388. The normalized spacial score (nSPS) is 31.7. The van der Waals surface area contributed by atoms with Gasteiger partial charge in [-0.2, -0.15) is 5.10 Å². The fraction of sp³-hybridized carbons (Fsp3) is 0.500. The molecule has 0 saturated carbocycles. The van der Waals surface area contributed by atoms with Gasteiger partial charge in [-0.15, -0.1) is 0 Å². The molecule has 4 atom stereocenters. The number of aromatic nitrogens is 2. The molecular weight excluding hydrogens is 254 g/mol. The molecule has 4 unspecified atom stereocenters. The number of aliphatic hydroxyl groups excluding tert-OH is 3. The van der Waals surface area contributed by atoms with E-state index < -0.39 is 24.5 Å². The average molecular weight is 271 g/mol. The molecule has 1 saturated heterocycles. The van der Waals surface area contributed by atoms with Gasteiger partial charge in [-0.1, -0.05) is 0 Å². The van der Waals surface area contributed by atoms with Gasteiger partial charge in [0, 0.05) is 12.4 Å². The van der Waals surface area contributed by atoms with Gasteiger partial charge in [0.2, 0.25) is 0 Å². The fourth-order valence-electron chi connectivity index (χ4n) is 1.93. The molecule has 1 aromatic heterocycles. The van der Waals surface area contributed by atoms with Crippen LogP contribution in [-0.4, -0.2) is 50.0 Å². The van der Waals surface area contributed by atoms with Crippen LogP contribution in [-0.2, 0) is 4.74 Å². The first-order valence-electron chi connectivity index (χ1n) is 5.68. The zero-order valence-corrected chi connectivity index (χ0v) is 10.0. The molecule has 2 rings (SSSR count). The lowest BCUT2D eigenvalue weighted by Crippen LogP contribution is -2.33. The zero-order chi connectivity index (χ0) is 14.0. The largest absolute Gasteiger partial charge is 0.403 e. The number of hydrogen-bond donors (Lipinski definition) is 6. The van der Waals surface area contributed by atoms with Crippen molar-refractivity contribution in [3.63, 3.8) is 0 Å². The van der Waals surface area contributed by atoms with Crippen molar-refractivity contribution in [3.05, 3.63) is 24.2 Å². The van der Waals surface area contributed by atoms with Gasteiger partial charge in [-0.3, -0.25) is 5.84 Å². The van der Waals surface area contributed by atoms with E-state index in [1.165, 1.54) is 10.9 Å². The van der Waals surface area contributed by atoms with Gasteiger partial charge in [-0.25, -0.2) is 4.68 Å². The van der Waals surface area contributed by atoms with E-state index in [0.717, 1.165) is 0 Å². The van der Waals surface area contributed by atoms with Crippen LogP contribution in [0.4, 0.5) is 0 Å². The summed E-state index contributed by atoms with van der Waals surface area (Å²) in [5.41, 5.74) is 8.61. The first kappa shape index (κ1) is 13.8. The number of nitrogens with two attached hydrogens (primary N) is 2. The minimum absolute atomic E-state index is 0.388. The molecule has 106 valence electrons. The van der Waals surface area contributed by atoms with Crippen LogP contribution in [0.2, 0.25) is 0 Å². The van der Waals surface area contributed by atoms with Crippen LogP contribution in [0.5, 0.6) is 0 Å². The summed E-state index contributed by atoms with van der Waals surface area (Å²) in [5, 5.41) is 32.7. The predicted molar refractivity (Wildman–Crippen MR) is 64.7 cm³/mol. The third-order valence-corrected chi connectivity index (χ3v) is 2.98. The number of ether oxygens (including phenoxy) is 1. The number of hydrogen-bond acceptors (Lipinski definition) is 8. The van der Waals surface area contributed by atoms with Crippen LogP contribution in [0, 0.1) is 0 Å². The van der Waals surface area contributed by atoms with Crippen molar-refractivity contribution in [2.45, 2.75) is 24.5 Å². The topological polar surface area (TPSA) is 152 Å². The summed E-state index contributed by atoms with van der Waals surface area (Å²) in [7, 11) is 0. The highest BCUT2D eigenvalue weighted by molar-refractivity contribution is 5.59. The fourth-order valence-corrected chi connectivity index (χ4v) is 1.93. The molecule has 1 fully saturated rings. The highest BCUT2D eigenvalue weighted by Crippen LogP contribution is 2.29. The lowest BCUT2D eigenvalue weighted by molar-refractivity contribution is -0.0586. The second-order valence-electron chi connectivity index (χ2n) is 4.13. The molecular formula is C10H17N5O4. The maximum atomic E-state index is 9.85. The van der Waals surface area contributed by atoms with Crippen LogP contribution in [0.1, 0.15) is 11.9 Å². The standard InChI is InChI=1S/C10H17N5O4/c11-3-6(13-12)5-1-2-15(14-5)10-9(18)8(17)7(4-16)19-10/h1-3,7-10,13,16-18H,4,11-12H2/b6-3-. The molecule has 0 spiro atoms. The van der Waals surface area contributed by atoms with E-state index in [1.807, 2.05) is 0 Å². The second kappa shape index (κ2) is 5.55. The van der Waals surface area contributed by atoms with E-state index in [0.29, 0.717) is 11.4 Å². The smallest absolute Gasteiger partial charge is 0.179 e. The monoisotopic (exact) mass is 271 g/mol. The number of nitrogens with one attached hydrogen (secondary N) is 1. The van der Waals surface area contributed by atoms with Gasteiger partial charge in [-0.05, 0) is 6.07 Å². The average Bonchev–Trinajstić information content (AvgIpc) is 2.99. The molecule has 0 bridgehead atoms. The van der Waals surface area contributed by atoms with E-state index >= 15 is 0 Å². The van der Waals surface area contributed by atoms with Crippen molar-refractivity contribution in [1.82, 2.24) is 15.2 Å². The van der Waals surface area contributed by atoms with Crippen LogP contribution >= 0.6 is 0 Å². The molecule has 1 aromatic rings. The summed E-state index contributed by atoms with van der Waals surface area (Å²) in [6, 6.07) is 1.62. The third-order valence-electron chi connectivity index (χ3n) is 2.98. The van der Waals surface area contributed by atoms with Gasteiger partial charge >= 0.3 is 0 Å². The lowest BCUT2D eigenvalue weighted by atomic mass is 10.1. The maximum Gasteiger partial charge on any atom is 0.179 e.